The largest absolute Gasteiger partial charge is 0.509 e. The SMILES string of the molecule is CC1=C(O)[C@@H](CO)O[C@H]1N1CCC(=O)NC1=O. The molecular formula is C10H14N2O5. The van der Waals surface area contributed by atoms with Gasteiger partial charge in [0.15, 0.2) is 6.23 Å². The molecule has 1 saturated heterocycles. The van der Waals surface area contributed by atoms with Crippen LogP contribution in [-0.2, 0) is 9.53 Å². The van der Waals surface area contributed by atoms with Gasteiger partial charge in [0.2, 0.25) is 5.91 Å². The number of imide groups is 1. The summed E-state index contributed by atoms with van der Waals surface area (Å²) in [5, 5.41) is 20.8. The topological polar surface area (TPSA) is 99.1 Å². The number of rotatable bonds is 2. The first kappa shape index (κ1) is 11.9. The molecule has 7 nitrogen and oxygen atoms in total. The summed E-state index contributed by atoms with van der Waals surface area (Å²) in [6.45, 7) is 1.51. The van der Waals surface area contributed by atoms with Gasteiger partial charge in [0.1, 0.15) is 11.9 Å². The molecule has 2 aliphatic heterocycles. The Kier molecular flexibility index (Phi) is 3.03. The van der Waals surface area contributed by atoms with Gasteiger partial charge in [0.05, 0.1) is 6.61 Å². The van der Waals surface area contributed by atoms with Crippen molar-refractivity contribution >= 4 is 11.9 Å². The number of carbonyl (C=O) groups is 2. The Balaban J connectivity index is 2.14. The lowest BCUT2D eigenvalue weighted by Gasteiger charge is -2.32. The lowest BCUT2D eigenvalue weighted by Crippen LogP contribution is -2.54. The average molecular weight is 242 g/mol. The number of ether oxygens (including phenoxy) is 1. The van der Waals surface area contributed by atoms with Crippen molar-refractivity contribution in [2.24, 2.45) is 0 Å². The van der Waals surface area contributed by atoms with E-state index in [1.165, 1.54) is 4.90 Å². The van der Waals surface area contributed by atoms with Crippen molar-refractivity contribution in [3.05, 3.63) is 11.3 Å². The maximum Gasteiger partial charge on any atom is 0.326 e. The van der Waals surface area contributed by atoms with Gasteiger partial charge in [-0.15, -0.1) is 0 Å². The molecule has 2 heterocycles. The zero-order valence-corrected chi connectivity index (χ0v) is 9.34. The Morgan fingerprint density at radius 3 is 2.76 bits per heavy atom. The molecule has 3 amide bonds. The molecule has 0 spiro atoms. The van der Waals surface area contributed by atoms with Gasteiger partial charge in [-0.1, -0.05) is 0 Å². The first-order chi connectivity index (χ1) is 8.04. The van der Waals surface area contributed by atoms with Crippen LogP contribution in [0.1, 0.15) is 13.3 Å². The third-order valence-corrected chi connectivity index (χ3v) is 2.91. The molecule has 0 aromatic carbocycles. The quantitative estimate of drug-likeness (QED) is 0.605. The van der Waals surface area contributed by atoms with Crippen molar-refractivity contribution in [2.45, 2.75) is 25.7 Å². The first-order valence-electron chi connectivity index (χ1n) is 5.31. The molecule has 0 saturated carbocycles. The van der Waals surface area contributed by atoms with Crippen LogP contribution < -0.4 is 5.32 Å². The van der Waals surface area contributed by atoms with Crippen LogP contribution in [0.25, 0.3) is 0 Å². The Morgan fingerprint density at radius 2 is 2.24 bits per heavy atom. The van der Waals surface area contributed by atoms with Gasteiger partial charge in [-0.2, -0.15) is 0 Å². The van der Waals surface area contributed by atoms with E-state index >= 15 is 0 Å². The second-order valence-corrected chi connectivity index (χ2v) is 4.02. The predicted octanol–water partition coefficient (Wildman–Crippen LogP) is -0.523. The van der Waals surface area contributed by atoms with E-state index in [2.05, 4.69) is 5.32 Å². The molecule has 0 unspecified atom stereocenters. The molecule has 0 bridgehead atoms. The molecule has 1 fully saturated rings. The van der Waals surface area contributed by atoms with Crippen LogP contribution in [0, 0.1) is 0 Å². The zero-order chi connectivity index (χ0) is 12.6. The van der Waals surface area contributed by atoms with Gasteiger partial charge in [0.25, 0.3) is 0 Å². The van der Waals surface area contributed by atoms with Crippen molar-refractivity contribution in [3.8, 4) is 0 Å². The number of hydrogen-bond acceptors (Lipinski definition) is 5. The van der Waals surface area contributed by atoms with Gasteiger partial charge in [-0.3, -0.25) is 15.0 Å². The third-order valence-electron chi connectivity index (χ3n) is 2.91. The number of aliphatic hydroxyl groups is 2. The number of aliphatic hydroxyl groups excluding tert-OH is 2. The van der Waals surface area contributed by atoms with Gasteiger partial charge in [-0.05, 0) is 6.92 Å². The Bertz CT molecular complexity index is 392. The fraction of sp³-hybridized carbons (Fsp3) is 0.600. The smallest absolute Gasteiger partial charge is 0.326 e. The highest BCUT2D eigenvalue weighted by atomic mass is 16.5. The Hall–Kier alpha value is -1.60. The van der Waals surface area contributed by atoms with Crippen LogP contribution in [0.15, 0.2) is 11.3 Å². The molecule has 7 heteroatoms. The monoisotopic (exact) mass is 242 g/mol. The van der Waals surface area contributed by atoms with E-state index in [0.29, 0.717) is 5.57 Å². The summed E-state index contributed by atoms with van der Waals surface area (Å²) in [6, 6.07) is -0.544. The van der Waals surface area contributed by atoms with Gasteiger partial charge < -0.3 is 14.9 Å². The Labute approximate surface area is 97.7 Å². The van der Waals surface area contributed by atoms with E-state index in [9.17, 15) is 14.7 Å². The van der Waals surface area contributed by atoms with Gasteiger partial charge in [0, 0.05) is 18.5 Å². The number of urea groups is 1. The maximum absolute atomic E-state index is 11.6. The molecular weight excluding hydrogens is 228 g/mol. The highest BCUT2D eigenvalue weighted by Crippen LogP contribution is 2.28. The van der Waals surface area contributed by atoms with Crippen LogP contribution >= 0.6 is 0 Å². The van der Waals surface area contributed by atoms with E-state index in [1.807, 2.05) is 0 Å². The van der Waals surface area contributed by atoms with Crippen molar-refractivity contribution < 1.29 is 24.5 Å². The van der Waals surface area contributed by atoms with Crippen molar-refractivity contribution in [1.82, 2.24) is 10.2 Å². The molecule has 2 aliphatic rings. The van der Waals surface area contributed by atoms with E-state index in [4.69, 9.17) is 9.84 Å². The fourth-order valence-corrected chi connectivity index (χ4v) is 1.94. The second-order valence-electron chi connectivity index (χ2n) is 4.02. The van der Waals surface area contributed by atoms with E-state index in [1.54, 1.807) is 6.92 Å². The third kappa shape index (κ3) is 1.98. The van der Waals surface area contributed by atoms with Crippen LogP contribution in [-0.4, -0.2) is 52.5 Å². The normalized spacial score (nSPS) is 29.9. The number of hydrogen-bond donors (Lipinski definition) is 3. The van der Waals surface area contributed by atoms with Gasteiger partial charge in [-0.25, -0.2) is 4.79 Å². The van der Waals surface area contributed by atoms with Crippen LogP contribution in [0.5, 0.6) is 0 Å². The minimum Gasteiger partial charge on any atom is -0.509 e. The van der Waals surface area contributed by atoms with E-state index in [0.717, 1.165) is 0 Å². The Morgan fingerprint density at radius 1 is 1.53 bits per heavy atom. The van der Waals surface area contributed by atoms with Crippen molar-refractivity contribution in [2.75, 3.05) is 13.2 Å². The molecule has 17 heavy (non-hydrogen) atoms. The van der Waals surface area contributed by atoms with Crippen LogP contribution in [0.2, 0.25) is 0 Å². The standard InChI is InChI=1S/C10H14N2O5/c1-5-8(15)6(4-13)17-9(5)12-3-2-7(14)11-10(12)16/h6,9,13,15H,2-4H2,1H3,(H,11,14,16)/t6-,9-/m1/s1. The fourth-order valence-electron chi connectivity index (χ4n) is 1.94. The van der Waals surface area contributed by atoms with Crippen molar-refractivity contribution in [1.29, 1.82) is 0 Å². The summed E-state index contributed by atoms with van der Waals surface area (Å²) in [7, 11) is 0. The average Bonchev–Trinajstić information content (AvgIpc) is 2.57. The molecule has 0 aromatic rings. The van der Waals surface area contributed by atoms with Crippen molar-refractivity contribution in [3.63, 3.8) is 0 Å². The number of nitrogens with one attached hydrogen (secondary N) is 1. The van der Waals surface area contributed by atoms with Crippen LogP contribution in [0.3, 0.4) is 0 Å². The summed E-state index contributed by atoms with van der Waals surface area (Å²) >= 11 is 0. The minimum absolute atomic E-state index is 0.0535. The molecule has 0 aromatic heterocycles. The highest BCUT2D eigenvalue weighted by Gasteiger charge is 2.39. The van der Waals surface area contributed by atoms with Gasteiger partial charge >= 0.3 is 6.03 Å². The summed E-state index contributed by atoms with van der Waals surface area (Å²) < 4.78 is 5.36. The lowest BCUT2D eigenvalue weighted by atomic mass is 10.2. The summed E-state index contributed by atoms with van der Waals surface area (Å²) in [5.41, 5.74) is 0.480. The number of amides is 3. The summed E-state index contributed by atoms with van der Waals surface area (Å²) in [6.07, 6.45) is -1.32. The van der Waals surface area contributed by atoms with E-state index in [-0.39, 0.29) is 31.2 Å². The number of carbonyl (C=O) groups excluding carboxylic acids is 2. The highest BCUT2D eigenvalue weighted by molar-refractivity contribution is 5.96. The molecule has 3 N–H and O–H groups in total. The van der Waals surface area contributed by atoms with E-state index < -0.39 is 18.4 Å². The zero-order valence-electron chi connectivity index (χ0n) is 9.34. The lowest BCUT2D eigenvalue weighted by molar-refractivity contribution is -0.123. The molecule has 2 atom stereocenters. The first-order valence-corrected chi connectivity index (χ1v) is 5.31. The summed E-state index contributed by atoms with van der Waals surface area (Å²) in [4.78, 5) is 23.9. The van der Waals surface area contributed by atoms with Crippen LogP contribution in [0.4, 0.5) is 4.79 Å². The second kappa shape index (κ2) is 4.34. The molecule has 0 aliphatic carbocycles. The molecule has 94 valence electrons. The number of nitrogens with zero attached hydrogens (tertiary/aromatic N) is 1. The minimum atomic E-state index is -0.801. The maximum atomic E-state index is 11.6. The predicted molar refractivity (Wildman–Crippen MR) is 55.9 cm³/mol. The molecule has 2 rings (SSSR count). The summed E-state index contributed by atoms with van der Waals surface area (Å²) in [5.74, 6) is -0.379. The molecule has 0 radical (unpaired) electrons.